The van der Waals surface area contributed by atoms with E-state index < -0.39 is 6.61 Å². The van der Waals surface area contributed by atoms with Gasteiger partial charge in [-0.2, -0.15) is 8.78 Å². The molecule has 2 nitrogen and oxygen atoms in total. The summed E-state index contributed by atoms with van der Waals surface area (Å²) < 4.78 is 29.7. The van der Waals surface area contributed by atoms with Gasteiger partial charge >= 0.3 is 6.61 Å². The average Bonchev–Trinajstić information content (AvgIpc) is 2.37. The normalized spacial score (nSPS) is 17.0. The second-order valence-electron chi connectivity index (χ2n) is 5.46. The molecule has 4 heteroatoms. The van der Waals surface area contributed by atoms with Crippen molar-refractivity contribution in [3.8, 4) is 5.75 Å². The molecule has 0 radical (unpaired) electrons. The average molecular weight is 283 g/mol. The van der Waals surface area contributed by atoms with Crippen molar-refractivity contribution in [2.75, 3.05) is 6.54 Å². The molecule has 1 aliphatic rings. The second-order valence-corrected chi connectivity index (χ2v) is 5.46. The summed E-state index contributed by atoms with van der Waals surface area (Å²) in [6, 6.07) is 7.25. The monoisotopic (exact) mass is 283 g/mol. The molecule has 112 valence electrons. The predicted molar refractivity (Wildman–Crippen MR) is 76.1 cm³/mol. The van der Waals surface area contributed by atoms with Crippen LogP contribution in [-0.2, 0) is 0 Å². The van der Waals surface area contributed by atoms with Crippen molar-refractivity contribution in [1.82, 2.24) is 5.32 Å². The molecule has 1 saturated carbocycles. The molecule has 0 saturated heterocycles. The Hall–Kier alpha value is -1.16. The number of para-hydroxylation sites is 1. The first-order chi connectivity index (χ1) is 9.70. The molecule has 1 unspecified atom stereocenters. The topological polar surface area (TPSA) is 21.3 Å². The van der Waals surface area contributed by atoms with Crippen LogP contribution in [-0.4, -0.2) is 13.2 Å². The first-order valence-corrected chi connectivity index (χ1v) is 7.47. The number of ether oxygens (including phenoxy) is 1. The lowest BCUT2D eigenvalue weighted by atomic mass is 9.79. The Bertz CT molecular complexity index is 407. The van der Waals surface area contributed by atoms with Crippen molar-refractivity contribution in [2.24, 2.45) is 5.92 Å². The van der Waals surface area contributed by atoms with E-state index in [0.29, 0.717) is 11.7 Å². The molecule has 1 fully saturated rings. The van der Waals surface area contributed by atoms with Crippen molar-refractivity contribution in [2.45, 2.75) is 51.7 Å². The number of halogens is 2. The summed E-state index contributed by atoms with van der Waals surface area (Å²) in [6.07, 6.45) is 5.83. The number of hydrogen-bond donors (Lipinski definition) is 1. The zero-order valence-electron chi connectivity index (χ0n) is 11.9. The summed E-state index contributed by atoms with van der Waals surface area (Å²) in [5.41, 5.74) is 0.855. The van der Waals surface area contributed by atoms with Gasteiger partial charge in [-0.25, -0.2) is 0 Å². The minimum atomic E-state index is -2.77. The zero-order valence-corrected chi connectivity index (χ0v) is 11.9. The largest absolute Gasteiger partial charge is 0.434 e. The van der Waals surface area contributed by atoms with Crippen molar-refractivity contribution in [3.05, 3.63) is 29.8 Å². The summed E-state index contributed by atoms with van der Waals surface area (Å²) in [4.78, 5) is 0. The van der Waals surface area contributed by atoms with E-state index in [1.165, 1.54) is 19.3 Å². The molecule has 2 rings (SSSR count). The molecular weight excluding hydrogens is 260 g/mol. The summed E-state index contributed by atoms with van der Waals surface area (Å²) in [5.74, 6) is 1.01. The van der Waals surface area contributed by atoms with E-state index in [9.17, 15) is 8.78 Å². The minimum absolute atomic E-state index is 0.107. The van der Waals surface area contributed by atoms with Crippen LogP contribution in [0.3, 0.4) is 0 Å². The van der Waals surface area contributed by atoms with E-state index in [2.05, 4.69) is 17.0 Å². The highest BCUT2D eigenvalue weighted by Gasteiger charge is 2.25. The Morgan fingerprint density at radius 3 is 2.65 bits per heavy atom. The summed E-state index contributed by atoms with van der Waals surface area (Å²) in [5, 5.41) is 3.47. The highest BCUT2D eigenvalue weighted by Crippen LogP contribution is 2.37. The fraction of sp³-hybridized carbons (Fsp3) is 0.625. The lowest BCUT2D eigenvalue weighted by Gasteiger charge is -2.31. The van der Waals surface area contributed by atoms with E-state index in [1.807, 2.05) is 12.1 Å². The van der Waals surface area contributed by atoms with Gasteiger partial charge in [-0.3, -0.25) is 0 Å². The predicted octanol–water partition coefficient (Wildman–Crippen LogP) is 4.52. The number of rotatable bonds is 8. The maximum absolute atomic E-state index is 12.5. The Morgan fingerprint density at radius 2 is 2.05 bits per heavy atom. The maximum atomic E-state index is 12.5. The molecule has 0 spiro atoms. The van der Waals surface area contributed by atoms with Crippen LogP contribution in [0, 0.1) is 5.92 Å². The fourth-order valence-corrected chi connectivity index (χ4v) is 2.67. The summed E-state index contributed by atoms with van der Waals surface area (Å²) >= 11 is 0. The number of benzene rings is 1. The Morgan fingerprint density at radius 1 is 1.30 bits per heavy atom. The molecule has 0 heterocycles. The van der Waals surface area contributed by atoms with Crippen LogP contribution in [0.25, 0.3) is 0 Å². The fourth-order valence-electron chi connectivity index (χ4n) is 2.67. The SMILES string of the molecule is CCCNC(CC1CCC1)c1ccccc1OC(F)F. The van der Waals surface area contributed by atoms with Crippen molar-refractivity contribution in [1.29, 1.82) is 0 Å². The van der Waals surface area contributed by atoms with E-state index in [4.69, 9.17) is 0 Å². The molecule has 1 N–H and O–H groups in total. The number of nitrogens with one attached hydrogen (secondary N) is 1. The van der Waals surface area contributed by atoms with Gasteiger partial charge in [0.05, 0.1) is 0 Å². The molecule has 0 amide bonds. The van der Waals surface area contributed by atoms with Gasteiger partial charge in [0.1, 0.15) is 5.75 Å². The standard InChI is InChI=1S/C16H23F2NO/c1-2-10-19-14(11-12-6-5-7-12)13-8-3-4-9-15(13)20-16(17)18/h3-4,8-9,12,14,16,19H,2,5-7,10-11H2,1H3. The molecule has 1 aromatic carbocycles. The Balaban J connectivity index is 2.12. The van der Waals surface area contributed by atoms with E-state index in [-0.39, 0.29) is 6.04 Å². The van der Waals surface area contributed by atoms with Crippen LogP contribution in [0.15, 0.2) is 24.3 Å². The molecule has 1 aliphatic carbocycles. The molecule has 20 heavy (non-hydrogen) atoms. The van der Waals surface area contributed by atoms with Gasteiger partial charge in [0.25, 0.3) is 0 Å². The molecule has 0 aromatic heterocycles. The second kappa shape index (κ2) is 7.58. The van der Waals surface area contributed by atoms with Gasteiger partial charge in [0, 0.05) is 11.6 Å². The van der Waals surface area contributed by atoms with Crippen molar-refractivity contribution < 1.29 is 13.5 Å². The van der Waals surface area contributed by atoms with Gasteiger partial charge in [0.2, 0.25) is 0 Å². The Labute approximate surface area is 119 Å². The molecule has 1 aromatic rings. The highest BCUT2D eigenvalue weighted by molar-refractivity contribution is 5.36. The maximum Gasteiger partial charge on any atom is 0.387 e. The van der Waals surface area contributed by atoms with Gasteiger partial charge in [0.15, 0.2) is 0 Å². The van der Waals surface area contributed by atoms with Crippen LogP contribution < -0.4 is 10.1 Å². The first-order valence-electron chi connectivity index (χ1n) is 7.47. The van der Waals surface area contributed by atoms with Gasteiger partial charge in [-0.1, -0.05) is 44.4 Å². The Kier molecular flexibility index (Phi) is 5.77. The highest BCUT2D eigenvalue weighted by atomic mass is 19.3. The number of alkyl halides is 2. The third-order valence-electron chi connectivity index (χ3n) is 3.94. The molecular formula is C16H23F2NO. The zero-order chi connectivity index (χ0) is 14.4. The van der Waals surface area contributed by atoms with Crippen LogP contribution >= 0.6 is 0 Å². The van der Waals surface area contributed by atoms with E-state index in [0.717, 1.165) is 24.9 Å². The van der Waals surface area contributed by atoms with Crippen LogP contribution in [0.4, 0.5) is 8.78 Å². The third-order valence-corrected chi connectivity index (χ3v) is 3.94. The lowest BCUT2D eigenvalue weighted by molar-refractivity contribution is -0.0508. The smallest absolute Gasteiger partial charge is 0.387 e. The van der Waals surface area contributed by atoms with Crippen LogP contribution in [0.2, 0.25) is 0 Å². The first kappa shape index (κ1) is 15.2. The summed E-state index contributed by atoms with van der Waals surface area (Å²) in [7, 11) is 0. The molecule has 1 atom stereocenters. The van der Waals surface area contributed by atoms with E-state index >= 15 is 0 Å². The minimum Gasteiger partial charge on any atom is -0.434 e. The van der Waals surface area contributed by atoms with E-state index in [1.54, 1.807) is 12.1 Å². The summed E-state index contributed by atoms with van der Waals surface area (Å²) in [6.45, 7) is 0.224. The molecule has 0 aliphatic heterocycles. The van der Waals surface area contributed by atoms with Crippen molar-refractivity contribution in [3.63, 3.8) is 0 Å². The van der Waals surface area contributed by atoms with Crippen LogP contribution in [0.5, 0.6) is 5.75 Å². The lowest BCUT2D eigenvalue weighted by Crippen LogP contribution is -2.27. The van der Waals surface area contributed by atoms with Gasteiger partial charge < -0.3 is 10.1 Å². The molecule has 0 bridgehead atoms. The van der Waals surface area contributed by atoms with Crippen molar-refractivity contribution >= 4 is 0 Å². The third kappa shape index (κ3) is 4.17. The number of hydrogen-bond acceptors (Lipinski definition) is 2. The van der Waals surface area contributed by atoms with Gasteiger partial charge in [-0.15, -0.1) is 0 Å². The van der Waals surface area contributed by atoms with Crippen LogP contribution in [0.1, 0.15) is 50.6 Å². The van der Waals surface area contributed by atoms with Gasteiger partial charge in [-0.05, 0) is 31.4 Å². The quantitative estimate of drug-likeness (QED) is 0.757.